The van der Waals surface area contributed by atoms with E-state index in [-0.39, 0.29) is 30.4 Å². The molecule has 2 aliphatic heterocycles. The van der Waals surface area contributed by atoms with Gasteiger partial charge in [-0.1, -0.05) is 26.0 Å². The molecular weight excluding hydrogens is 394 g/mol. The topological polar surface area (TPSA) is 79.0 Å². The average Bonchev–Trinajstić information content (AvgIpc) is 2.92. The van der Waals surface area contributed by atoms with E-state index in [1.807, 2.05) is 13.8 Å². The van der Waals surface area contributed by atoms with E-state index in [0.29, 0.717) is 41.0 Å². The summed E-state index contributed by atoms with van der Waals surface area (Å²) in [5, 5.41) is 2.73. The number of hydrogen-bond acceptors (Lipinski definition) is 5. The zero-order valence-electron chi connectivity index (χ0n) is 19.1. The molecule has 2 aliphatic rings. The second-order valence-electron chi connectivity index (χ2n) is 9.01. The van der Waals surface area contributed by atoms with Gasteiger partial charge >= 0.3 is 0 Å². The molecule has 3 rings (SSSR count). The summed E-state index contributed by atoms with van der Waals surface area (Å²) >= 11 is 0. The van der Waals surface area contributed by atoms with Crippen LogP contribution in [0.3, 0.4) is 0 Å². The van der Waals surface area contributed by atoms with Gasteiger partial charge < -0.3 is 15.0 Å². The van der Waals surface area contributed by atoms with Crippen molar-refractivity contribution in [3.8, 4) is 0 Å². The van der Waals surface area contributed by atoms with Gasteiger partial charge in [-0.25, -0.2) is 0 Å². The fourth-order valence-corrected chi connectivity index (χ4v) is 4.47. The molecular formula is C24H33N3O4. The third-order valence-electron chi connectivity index (χ3n) is 5.59. The van der Waals surface area contributed by atoms with Gasteiger partial charge in [0.1, 0.15) is 5.70 Å². The lowest BCUT2D eigenvalue weighted by atomic mass is 9.91. The third kappa shape index (κ3) is 5.34. The summed E-state index contributed by atoms with van der Waals surface area (Å²) in [6, 6.07) is 7.09. The highest BCUT2D eigenvalue weighted by Gasteiger charge is 2.42. The van der Waals surface area contributed by atoms with Gasteiger partial charge in [-0.3, -0.25) is 19.3 Å². The van der Waals surface area contributed by atoms with Crippen LogP contribution in [0.15, 0.2) is 30.0 Å². The van der Waals surface area contributed by atoms with Crippen molar-refractivity contribution in [2.75, 3.05) is 31.6 Å². The minimum atomic E-state index is -0.287. The molecule has 7 heteroatoms. The Morgan fingerprint density at radius 1 is 1.10 bits per heavy atom. The van der Waals surface area contributed by atoms with Gasteiger partial charge in [0.15, 0.2) is 0 Å². The number of ether oxygens (including phenoxy) is 1. The van der Waals surface area contributed by atoms with Crippen LogP contribution in [0.25, 0.3) is 5.57 Å². The van der Waals surface area contributed by atoms with Gasteiger partial charge in [-0.05, 0) is 49.8 Å². The van der Waals surface area contributed by atoms with Crippen LogP contribution in [0, 0.1) is 11.8 Å². The molecule has 31 heavy (non-hydrogen) atoms. The smallest absolute Gasteiger partial charge is 0.277 e. The highest BCUT2D eigenvalue weighted by molar-refractivity contribution is 6.35. The maximum atomic E-state index is 13.4. The minimum Gasteiger partial charge on any atom is -0.377 e. The fraction of sp³-hybridized carbons (Fsp3) is 0.542. The quantitative estimate of drug-likeness (QED) is 0.677. The Labute approximate surface area is 184 Å². The van der Waals surface area contributed by atoms with Crippen LogP contribution in [0.5, 0.6) is 0 Å². The molecule has 1 N–H and O–H groups in total. The van der Waals surface area contributed by atoms with E-state index in [4.69, 9.17) is 4.74 Å². The van der Waals surface area contributed by atoms with Crippen molar-refractivity contribution in [2.24, 2.45) is 11.8 Å². The first-order valence-corrected chi connectivity index (χ1v) is 11.0. The Hall–Kier alpha value is -2.67. The first-order chi connectivity index (χ1) is 14.7. The number of nitrogens with zero attached hydrogens (tertiary/aromatic N) is 2. The number of piperidine rings is 1. The van der Waals surface area contributed by atoms with Crippen molar-refractivity contribution in [1.82, 2.24) is 9.80 Å². The van der Waals surface area contributed by atoms with Gasteiger partial charge in [-0.2, -0.15) is 0 Å². The Bertz CT molecular complexity index is 865. The molecule has 7 nitrogen and oxygen atoms in total. The summed E-state index contributed by atoms with van der Waals surface area (Å²) in [4.78, 5) is 41.5. The molecule has 2 heterocycles. The molecule has 1 aromatic rings. The molecule has 0 aromatic heterocycles. The molecule has 1 fully saturated rings. The van der Waals surface area contributed by atoms with Gasteiger partial charge in [0.05, 0.1) is 24.8 Å². The highest BCUT2D eigenvalue weighted by atomic mass is 16.5. The largest absolute Gasteiger partial charge is 0.377 e. The number of likely N-dealkylation sites (tertiary alicyclic amines) is 1. The maximum absolute atomic E-state index is 13.4. The lowest BCUT2D eigenvalue weighted by Gasteiger charge is -2.37. The second-order valence-corrected chi connectivity index (χ2v) is 9.01. The molecule has 0 bridgehead atoms. The van der Waals surface area contributed by atoms with Gasteiger partial charge in [0, 0.05) is 25.7 Å². The highest BCUT2D eigenvalue weighted by Crippen LogP contribution is 2.35. The van der Waals surface area contributed by atoms with E-state index >= 15 is 0 Å². The summed E-state index contributed by atoms with van der Waals surface area (Å²) in [6.45, 7) is 11.7. The monoisotopic (exact) mass is 427 g/mol. The van der Waals surface area contributed by atoms with Gasteiger partial charge in [0.2, 0.25) is 5.91 Å². The van der Waals surface area contributed by atoms with Crippen LogP contribution < -0.4 is 5.32 Å². The Morgan fingerprint density at radius 2 is 1.71 bits per heavy atom. The number of hydrogen-bond donors (Lipinski definition) is 1. The molecule has 3 amide bonds. The van der Waals surface area contributed by atoms with Crippen molar-refractivity contribution >= 4 is 29.0 Å². The Balaban J connectivity index is 1.96. The van der Waals surface area contributed by atoms with Crippen LogP contribution in [0.4, 0.5) is 5.69 Å². The summed E-state index contributed by atoms with van der Waals surface area (Å²) in [5.74, 6) is 0.194. The lowest BCUT2D eigenvalue weighted by molar-refractivity contribution is -0.138. The van der Waals surface area contributed by atoms with Crippen molar-refractivity contribution in [2.45, 2.75) is 47.1 Å². The van der Waals surface area contributed by atoms with Crippen molar-refractivity contribution in [1.29, 1.82) is 0 Å². The summed E-state index contributed by atoms with van der Waals surface area (Å²) in [5.41, 5.74) is 2.25. The van der Waals surface area contributed by atoms with Gasteiger partial charge in [-0.15, -0.1) is 0 Å². The number of anilines is 1. The minimum absolute atomic E-state index is 0.0322. The Morgan fingerprint density at radius 3 is 2.26 bits per heavy atom. The van der Waals surface area contributed by atoms with Crippen LogP contribution in [0.2, 0.25) is 0 Å². The number of rotatable bonds is 7. The third-order valence-corrected chi connectivity index (χ3v) is 5.59. The normalized spacial score (nSPS) is 22.0. The first kappa shape index (κ1) is 23.0. The number of nitrogens with one attached hydrogen (secondary N) is 1. The molecule has 2 atom stereocenters. The predicted molar refractivity (Wildman–Crippen MR) is 120 cm³/mol. The van der Waals surface area contributed by atoms with E-state index < -0.39 is 0 Å². The number of carbonyl (C=O) groups excluding carboxylic acids is 3. The molecule has 0 aliphatic carbocycles. The van der Waals surface area contributed by atoms with Crippen LogP contribution in [-0.2, 0) is 19.1 Å². The maximum Gasteiger partial charge on any atom is 0.277 e. The molecule has 0 spiro atoms. The fourth-order valence-electron chi connectivity index (χ4n) is 4.47. The predicted octanol–water partition coefficient (Wildman–Crippen LogP) is 3.13. The van der Waals surface area contributed by atoms with Crippen molar-refractivity contribution < 1.29 is 19.1 Å². The zero-order chi connectivity index (χ0) is 22.7. The van der Waals surface area contributed by atoms with Crippen LogP contribution >= 0.6 is 0 Å². The van der Waals surface area contributed by atoms with E-state index in [9.17, 15) is 14.4 Å². The second kappa shape index (κ2) is 9.64. The number of carbonyl (C=O) groups is 3. The van der Waals surface area contributed by atoms with E-state index in [1.54, 1.807) is 24.3 Å². The SMILES string of the molecule is CC(=O)Nc1ccc(C2=C(N3CC(C)CC(C)C3)C(=O)N(CCOC(C)C)C2=O)cc1. The molecule has 0 saturated carbocycles. The Kier molecular flexibility index (Phi) is 7.15. The first-order valence-electron chi connectivity index (χ1n) is 11.0. The van der Waals surface area contributed by atoms with Gasteiger partial charge in [0.25, 0.3) is 11.8 Å². The zero-order valence-corrected chi connectivity index (χ0v) is 19.1. The number of benzene rings is 1. The standard InChI is InChI=1S/C24H33N3O4/c1-15(2)31-11-10-27-23(29)21(19-6-8-20(9-7-19)25-18(5)28)22(24(27)30)26-13-16(3)12-17(4)14-26/h6-9,15-17H,10-14H2,1-5H3,(H,25,28). The molecule has 2 unspecified atom stereocenters. The van der Waals surface area contributed by atoms with Crippen LogP contribution in [0.1, 0.15) is 46.6 Å². The lowest BCUT2D eigenvalue weighted by Crippen LogP contribution is -2.42. The molecule has 1 aromatic carbocycles. The summed E-state index contributed by atoms with van der Waals surface area (Å²) in [7, 11) is 0. The van der Waals surface area contributed by atoms with Crippen LogP contribution in [-0.4, -0.2) is 59.9 Å². The van der Waals surface area contributed by atoms with E-state index in [0.717, 1.165) is 19.5 Å². The van der Waals surface area contributed by atoms with Crippen molar-refractivity contribution in [3.05, 3.63) is 35.5 Å². The van der Waals surface area contributed by atoms with E-state index in [2.05, 4.69) is 24.1 Å². The van der Waals surface area contributed by atoms with E-state index in [1.165, 1.54) is 11.8 Å². The molecule has 0 radical (unpaired) electrons. The van der Waals surface area contributed by atoms with Crippen molar-refractivity contribution in [3.63, 3.8) is 0 Å². The summed E-state index contributed by atoms with van der Waals surface area (Å²) < 4.78 is 5.59. The number of amides is 3. The average molecular weight is 428 g/mol. The molecule has 1 saturated heterocycles. The molecule has 168 valence electrons. The number of imide groups is 1. The summed E-state index contributed by atoms with van der Waals surface area (Å²) in [6.07, 6.45) is 1.14.